The molecule has 1 saturated carbocycles. The summed E-state index contributed by atoms with van der Waals surface area (Å²) in [6.07, 6.45) is 1.74. The third kappa shape index (κ3) is 2.35. The molecule has 3 heteroatoms. The molecule has 2 N–H and O–H groups in total. The number of carbonyl (C=O) groups is 1. The van der Waals surface area contributed by atoms with Gasteiger partial charge in [0.05, 0.1) is 5.92 Å². The first-order valence-corrected chi connectivity index (χ1v) is 5.59. The summed E-state index contributed by atoms with van der Waals surface area (Å²) in [6, 6.07) is 7.15. The summed E-state index contributed by atoms with van der Waals surface area (Å²) in [4.78, 5) is 10.7. The SMILES string of the molecule is CC(CC1CC1C(=O)O)c1ccc(O)cc1. The number of rotatable bonds is 4. The molecule has 0 heterocycles. The Morgan fingerprint density at radius 1 is 1.44 bits per heavy atom. The average Bonchev–Trinajstić information content (AvgIpc) is 2.98. The van der Waals surface area contributed by atoms with Gasteiger partial charge in [0.1, 0.15) is 5.75 Å². The second-order valence-corrected chi connectivity index (χ2v) is 4.67. The molecule has 86 valence electrons. The summed E-state index contributed by atoms with van der Waals surface area (Å²) >= 11 is 0. The number of phenolic OH excluding ortho intramolecular Hbond substituents is 1. The molecule has 1 fully saturated rings. The smallest absolute Gasteiger partial charge is 0.306 e. The summed E-state index contributed by atoms with van der Waals surface area (Å²) in [5, 5.41) is 18.0. The first kappa shape index (κ1) is 11.0. The summed E-state index contributed by atoms with van der Waals surface area (Å²) in [5.41, 5.74) is 1.16. The van der Waals surface area contributed by atoms with Crippen LogP contribution in [-0.2, 0) is 4.79 Å². The van der Waals surface area contributed by atoms with Crippen LogP contribution in [0.25, 0.3) is 0 Å². The van der Waals surface area contributed by atoms with E-state index in [4.69, 9.17) is 10.2 Å². The molecule has 1 aromatic rings. The third-order valence-electron chi connectivity index (χ3n) is 3.36. The van der Waals surface area contributed by atoms with E-state index in [1.54, 1.807) is 12.1 Å². The van der Waals surface area contributed by atoms with Crippen molar-refractivity contribution in [1.29, 1.82) is 0 Å². The number of aliphatic carboxylic acids is 1. The number of hydrogen-bond donors (Lipinski definition) is 2. The van der Waals surface area contributed by atoms with Gasteiger partial charge in [-0.25, -0.2) is 0 Å². The molecule has 0 spiro atoms. The van der Waals surface area contributed by atoms with Crippen LogP contribution in [0.15, 0.2) is 24.3 Å². The minimum absolute atomic E-state index is 0.125. The Hall–Kier alpha value is -1.51. The van der Waals surface area contributed by atoms with E-state index in [2.05, 4.69) is 6.92 Å². The number of phenols is 1. The zero-order valence-electron chi connectivity index (χ0n) is 9.26. The second-order valence-electron chi connectivity index (χ2n) is 4.67. The van der Waals surface area contributed by atoms with Crippen molar-refractivity contribution in [3.05, 3.63) is 29.8 Å². The van der Waals surface area contributed by atoms with E-state index in [9.17, 15) is 4.79 Å². The molecule has 3 unspecified atom stereocenters. The topological polar surface area (TPSA) is 57.5 Å². The maximum atomic E-state index is 10.7. The van der Waals surface area contributed by atoms with E-state index in [1.165, 1.54) is 0 Å². The highest BCUT2D eigenvalue weighted by Crippen LogP contribution is 2.45. The molecule has 1 aliphatic carbocycles. The molecule has 0 saturated heterocycles. The van der Waals surface area contributed by atoms with Crippen LogP contribution >= 0.6 is 0 Å². The number of aromatic hydroxyl groups is 1. The predicted molar refractivity (Wildman–Crippen MR) is 60.4 cm³/mol. The summed E-state index contributed by atoms with van der Waals surface area (Å²) < 4.78 is 0. The van der Waals surface area contributed by atoms with Crippen LogP contribution in [-0.4, -0.2) is 16.2 Å². The van der Waals surface area contributed by atoms with E-state index < -0.39 is 5.97 Å². The van der Waals surface area contributed by atoms with Crippen molar-refractivity contribution in [2.24, 2.45) is 11.8 Å². The number of carboxylic acid groups (broad SMARTS) is 1. The molecule has 1 aromatic carbocycles. The quantitative estimate of drug-likeness (QED) is 0.820. The zero-order valence-corrected chi connectivity index (χ0v) is 9.26. The van der Waals surface area contributed by atoms with Crippen molar-refractivity contribution < 1.29 is 15.0 Å². The fraction of sp³-hybridized carbons (Fsp3) is 0.462. The van der Waals surface area contributed by atoms with Crippen molar-refractivity contribution in [2.45, 2.75) is 25.7 Å². The lowest BCUT2D eigenvalue weighted by molar-refractivity contribution is -0.138. The van der Waals surface area contributed by atoms with Crippen LogP contribution in [0.5, 0.6) is 5.75 Å². The van der Waals surface area contributed by atoms with Crippen LogP contribution in [0.1, 0.15) is 31.2 Å². The molecular formula is C13H16O3. The van der Waals surface area contributed by atoms with Gasteiger partial charge < -0.3 is 10.2 Å². The highest BCUT2D eigenvalue weighted by Gasteiger charge is 2.43. The van der Waals surface area contributed by atoms with Crippen molar-refractivity contribution in [1.82, 2.24) is 0 Å². The Labute approximate surface area is 94.7 Å². The fourth-order valence-corrected chi connectivity index (χ4v) is 2.20. The Morgan fingerprint density at radius 2 is 2.06 bits per heavy atom. The summed E-state index contributed by atoms with van der Waals surface area (Å²) in [7, 11) is 0. The van der Waals surface area contributed by atoms with Gasteiger partial charge in [0.2, 0.25) is 0 Å². The highest BCUT2D eigenvalue weighted by atomic mass is 16.4. The Balaban J connectivity index is 1.92. The molecule has 0 bridgehead atoms. The summed E-state index contributed by atoms with van der Waals surface area (Å²) in [5.74, 6) is 0.171. The monoisotopic (exact) mass is 220 g/mol. The highest BCUT2D eigenvalue weighted by molar-refractivity contribution is 5.73. The standard InChI is InChI=1S/C13H16O3/c1-8(6-10-7-12(10)13(15)16)9-2-4-11(14)5-3-9/h2-5,8,10,12,14H,6-7H2,1H3,(H,15,16). The van der Waals surface area contributed by atoms with Gasteiger partial charge in [0.25, 0.3) is 0 Å². The first-order valence-electron chi connectivity index (χ1n) is 5.59. The van der Waals surface area contributed by atoms with Crippen LogP contribution in [0.4, 0.5) is 0 Å². The molecule has 2 rings (SSSR count). The van der Waals surface area contributed by atoms with Gasteiger partial charge in [-0.1, -0.05) is 19.1 Å². The van der Waals surface area contributed by atoms with Gasteiger partial charge in [-0.05, 0) is 42.4 Å². The average molecular weight is 220 g/mol. The maximum Gasteiger partial charge on any atom is 0.306 e. The molecule has 0 aromatic heterocycles. The van der Waals surface area contributed by atoms with Crippen molar-refractivity contribution >= 4 is 5.97 Å². The van der Waals surface area contributed by atoms with Crippen molar-refractivity contribution in [2.75, 3.05) is 0 Å². The van der Waals surface area contributed by atoms with Gasteiger partial charge in [-0.2, -0.15) is 0 Å². The first-order chi connectivity index (χ1) is 7.58. The van der Waals surface area contributed by atoms with Crippen LogP contribution in [0.2, 0.25) is 0 Å². The molecule has 0 aliphatic heterocycles. The Kier molecular flexibility index (Phi) is 2.86. The second kappa shape index (κ2) is 4.16. The number of benzene rings is 1. The number of hydrogen-bond acceptors (Lipinski definition) is 2. The van der Waals surface area contributed by atoms with Crippen LogP contribution in [0.3, 0.4) is 0 Å². The largest absolute Gasteiger partial charge is 0.508 e. The maximum absolute atomic E-state index is 10.7. The van der Waals surface area contributed by atoms with E-state index in [0.717, 1.165) is 18.4 Å². The van der Waals surface area contributed by atoms with E-state index in [1.807, 2.05) is 12.1 Å². The van der Waals surface area contributed by atoms with Gasteiger partial charge in [0, 0.05) is 0 Å². The normalized spacial score (nSPS) is 25.1. The fourth-order valence-electron chi connectivity index (χ4n) is 2.20. The zero-order chi connectivity index (χ0) is 11.7. The van der Waals surface area contributed by atoms with E-state index in [-0.39, 0.29) is 11.7 Å². The van der Waals surface area contributed by atoms with Gasteiger partial charge in [0.15, 0.2) is 0 Å². The lowest BCUT2D eigenvalue weighted by atomic mass is 9.95. The van der Waals surface area contributed by atoms with Crippen LogP contribution in [0, 0.1) is 11.8 Å². The molecule has 0 amide bonds. The van der Waals surface area contributed by atoms with Gasteiger partial charge >= 0.3 is 5.97 Å². The lowest BCUT2D eigenvalue weighted by Crippen LogP contribution is -2.02. The minimum Gasteiger partial charge on any atom is -0.508 e. The van der Waals surface area contributed by atoms with Crippen LogP contribution < -0.4 is 0 Å². The molecule has 3 nitrogen and oxygen atoms in total. The predicted octanol–water partition coefficient (Wildman–Crippen LogP) is 2.61. The van der Waals surface area contributed by atoms with Crippen molar-refractivity contribution in [3.63, 3.8) is 0 Å². The molecule has 3 atom stereocenters. The molecule has 1 aliphatic rings. The number of carboxylic acids is 1. The summed E-state index contributed by atoms with van der Waals surface area (Å²) in [6.45, 7) is 2.10. The van der Waals surface area contributed by atoms with E-state index >= 15 is 0 Å². The Morgan fingerprint density at radius 3 is 2.56 bits per heavy atom. The third-order valence-corrected chi connectivity index (χ3v) is 3.36. The van der Waals surface area contributed by atoms with E-state index in [0.29, 0.717) is 11.8 Å². The molecule has 16 heavy (non-hydrogen) atoms. The van der Waals surface area contributed by atoms with Gasteiger partial charge in [-0.15, -0.1) is 0 Å². The molecule has 0 radical (unpaired) electrons. The van der Waals surface area contributed by atoms with Crippen molar-refractivity contribution in [3.8, 4) is 5.75 Å². The Bertz CT molecular complexity index is 383. The molecular weight excluding hydrogens is 204 g/mol. The lowest BCUT2D eigenvalue weighted by Gasteiger charge is -2.11. The van der Waals surface area contributed by atoms with Gasteiger partial charge in [-0.3, -0.25) is 4.79 Å². The minimum atomic E-state index is -0.664.